The van der Waals surface area contributed by atoms with Gasteiger partial charge in [0.25, 0.3) is 0 Å². The Hall–Kier alpha value is -3.24. The summed E-state index contributed by atoms with van der Waals surface area (Å²) in [5.74, 6) is 0.0253. The summed E-state index contributed by atoms with van der Waals surface area (Å²) in [6, 6.07) is 6.60. The zero-order valence-electron chi connectivity index (χ0n) is 23.7. The number of fused-ring (bicyclic) bond motifs is 1. The van der Waals surface area contributed by atoms with E-state index >= 15 is 0 Å². The van der Waals surface area contributed by atoms with E-state index in [0.717, 1.165) is 25.7 Å². The van der Waals surface area contributed by atoms with Crippen LogP contribution >= 0.6 is 0 Å². The van der Waals surface area contributed by atoms with E-state index < -0.39 is 0 Å². The van der Waals surface area contributed by atoms with Crippen molar-refractivity contribution in [3.63, 3.8) is 0 Å². The van der Waals surface area contributed by atoms with Crippen LogP contribution < -0.4 is 15.4 Å². The highest BCUT2D eigenvalue weighted by molar-refractivity contribution is 5.90. The van der Waals surface area contributed by atoms with Crippen LogP contribution in [0.1, 0.15) is 57.1 Å². The molecule has 1 saturated carbocycles. The normalized spacial score (nSPS) is 21.1. The molecule has 1 unspecified atom stereocenters. The molecule has 1 aromatic heterocycles. The summed E-state index contributed by atoms with van der Waals surface area (Å²) in [5, 5.41) is 15.8. The molecular weight excluding hydrogens is 513 g/mol. The number of urea groups is 1. The molecule has 3 amide bonds. The van der Waals surface area contributed by atoms with Crippen LogP contribution in [0.2, 0.25) is 0 Å². The number of pyridine rings is 1. The molecule has 0 saturated heterocycles. The summed E-state index contributed by atoms with van der Waals surface area (Å²) < 4.78 is 20.8. The number of hydrogen-bond donors (Lipinski definition) is 3. The Kier molecular flexibility index (Phi) is 10.3. The number of benzene rings is 1. The molecule has 10 heteroatoms. The van der Waals surface area contributed by atoms with Gasteiger partial charge in [-0.2, -0.15) is 0 Å². The fourth-order valence-electron chi connectivity index (χ4n) is 5.52. The first-order valence-electron chi connectivity index (χ1n) is 14.3. The fourth-order valence-corrected chi connectivity index (χ4v) is 5.52. The number of halogens is 1. The van der Waals surface area contributed by atoms with Crippen molar-refractivity contribution in [2.75, 3.05) is 32.1 Å². The van der Waals surface area contributed by atoms with Crippen LogP contribution in [0.3, 0.4) is 0 Å². The van der Waals surface area contributed by atoms with Crippen LogP contribution in [0.15, 0.2) is 36.7 Å². The standard InChI is InChI=1S/C30H42FN5O4/c1-20-16-36(21(2)19-37)29(38)14-23-13-25(34-30(39)33-24-7-5-4-6-8-24)9-10-27(23)40-28(20)18-35(3)17-22-11-12-32-15-26(22)31/h9-13,15,20-21,24,28,37H,4-8,14,16-19H2,1-3H3,(H2,33,34,39)/t20?,21-,28-/m0/s1. The molecular formula is C30H42FN5O4. The second-order valence-corrected chi connectivity index (χ2v) is 11.3. The summed E-state index contributed by atoms with van der Waals surface area (Å²) in [4.78, 5) is 33.6. The Morgan fingerprint density at radius 1 is 1.27 bits per heavy atom. The van der Waals surface area contributed by atoms with Gasteiger partial charge >= 0.3 is 6.03 Å². The average Bonchev–Trinajstić information content (AvgIpc) is 2.97. The van der Waals surface area contributed by atoms with E-state index in [-0.39, 0.29) is 54.9 Å². The number of amides is 3. The smallest absolute Gasteiger partial charge is 0.319 e. The highest BCUT2D eigenvalue weighted by Crippen LogP contribution is 2.29. The number of likely N-dealkylation sites (N-methyl/N-ethyl adjacent to an activating group) is 1. The monoisotopic (exact) mass is 555 g/mol. The van der Waals surface area contributed by atoms with Crippen LogP contribution in [0.25, 0.3) is 0 Å². The number of nitrogens with zero attached hydrogens (tertiary/aromatic N) is 3. The molecule has 1 aromatic carbocycles. The van der Waals surface area contributed by atoms with E-state index in [2.05, 4.69) is 15.6 Å². The zero-order valence-corrected chi connectivity index (χ0v) is 23.7. The molecule has 1 aliphatic carbocycles. The highest BCUT2D eigenvalue weighted by atomic mass is 19.1. The molecule has 2 aromatic rings. The zero-order chi connectivity index (χ0) is 28.6. The first-order valence-corrected chi connectivity index (χ1v) is 14.3. The van der Waals surface area contributed by atoms with Gasteiger partial charge in [-0.3, -0.25) is 14.7 Å². The molecule has 4 rings (SSSR count). The number of aliphatic hydroxyl groups excluding tert-OH is 1. The van der Waals surface area contributed by atoms with Crippen molar-refractivity contribution in [3.8, 4) is 5.75 Å². The Labute approximate surface area is 236 Å². The lowest BCUT2D eigenvalue weighted by Gasteiger charge is -2.34. The lowest BCUT2D eigenvalue weighted by molar-refractivity contribution is -0.134. The van der Waals surface area contributed by atoms with Gasteiger partial charge in [0.15, 0.2) is 0 Å². The topological polar surface area (TPSA) is 107 Å². The van der Waals surface area contributed by atoms with Gasteiger partial charge in [0.05, 0.1) is 25.3 Å². The number of hydrogen-bond acceptors (Lipinski definition) is 6. The SMILES string of the molecule is CC1CN([C@@H](C)CO)C(=O)Cc2cc(NC(=O)NC3CCCCC3)ccc2O[C@H]1CN(C)Cc1ccncc1F. The van der Waals surface area contributed by atoms with E-state index in [1.807, 2.05) is 25.8 Å². The van der Waals surface area contributed by atoms with E-state index in [9.17, 15) is 19.1 Å². The number of carbonyl (C=O) groups excluding carboxylic acids is 2. The molecule has 2 heterocycles. The number of carbonyl (C=O) groups is 2. The Morgan fingerprint density at radius 2 is 2.05 bits per heavy atom. The number of rotatable bonds is 8. The molecule has 0 radical (unpaired) electrons. The van der Waals surface area contributed by atoms with Crippen molar-refractivity contribution in [2.24, 2.45) is 5.92 Å². The maximum Gasteiger partial charge on any atom is 0.319 e. The molecule has 0 bridgehead atoms. The summed E-state index contributed by atoms with van der Waals surface area (Å²) in [6.07, 6.45) is 7.97. The van der Waals surface area contributed by atoms with Gasteiger partial charge in [0.2, 0.25) is 5.91 Å². The summed E-state index contributed by atoms with van der Waals surface area (Å²) in [5.41, 5.74) is 1.79. The average molecular weight is 556 g/mol. The van der Waals surface area contributed by atoms with E-state index in [1.54, 1.807) is 35.4 Å². The Morgan fingerprint density at radius 3 is 2.77 bits per heavy atom. The van der Waals surface area contributed by atoms with Gasteiger partial charge in [0, 0.05) is 54.6 Å². The van der Waals surface area contributed by atoms with Crippen molar-refractivity contribution in [1.82, 2.24) is 20.1 Å². The van der Waals surface area contributed by atoms with Crippen molar-refractivity contribution in [1.29, 1.82) is 0 Å². The predicted octanol–water partition coefficient (Wildman–Crippen LogP) is 3.96. The minimum absolute atomic E-state index is 0.0762. The summed E-state index contributed by atoms with van der Waals surface area (Å²) in [6.45, 7) is 4.97. The molecule has 0 spiro atoms. The number of nitrogens with one attached hydrogen (secondary N) is 2. The molecule has 2 aliphatic rings. The maximum atomic E-state index is 14.2. The van der Waals surface area contributed by atoms with Crippen molar-refractivity contribution in [3.05, 3.63) is 53.6 Å². The molecule has 40 heavy (non-hydrogen) atoms. The minimum atomic E-state index is -0.358. The van der Waals surface area contributed by atoms with Crippen molar-refractivity contribution in [2.45, 2.75) is 77.1 Å². The van der Waals surface area contributed by atoms with Crippen LogP contribution in [0.5, 0.6) is 5.75 Å². The quantitative estimate of drug-likeness (QED) is 0.455. The Balaban J connectivity index is 1.54. The molecule has 3 atom stereocenters. The lowest BCUT2D eigenvalue weighted by atomic mass is 9.96. The van der Waals surface area contributed by atoms with Crippen LogP contribution in [-0.2, 0) is 17.8 Å². The van der Waals surface area contributed by atoms with Gasteiger partial charge in [0.1, 0.15) is 17.7 Å². The van der Waals surface area contributed by atoms with Crippen molar-refractivity contribution >= 4 is 17.6 Å². The van der Waals surface area contributed by atoms with Crippen LogP contribution in [-0.4, -0.2) is 76.8 Å². The second kappa shape index (κ2) is 13.9. The third-order valence-corrected chi connectivity index (χ3v) is 7.90. The highest BCUT2D eigenvalue weighted by Gasteiger charge is 2.31. The van der Waals surface area contributed by atoms with Gasteiger partial charge < -0.3 is 25.4 Å². The number of anilines is 1. The Bertz CT molecular complexity index is 1160. The molecule has 218 valence electrons. The molecule has 1 aliphatic heterocycles. The lowest BCUT2D eigenvalue weighted by Crippen LogP contribution is -2.47. The van der Waals surface area contributed by atoms with Gasteiger partial charge in [-0.1, -0.05) is 26.2 Å². The number of aliphatic hydroxyl groups is 1. The molecule has 9 nitrogen and oxygen atoms in total. The fraction of sp³-hybridized carbons (Fsp3) is 0.567. The maximum absolute atomic E-state index is 14.2. The van der Waals surface area contributed by atoms with Gasteiger partial charge in [-0.25, -0.2) is 9.18 Å². The number of aromatic nitrogens is 1. The van der Waals surface area contributed by atoms with Crippen LogP contribution in [0, 0.1) is 11.7 Å². The van der Waals surface area contributed by atoms with E-state index in [0.29, 0.717) is 42.2 Å². The van der Waals surface area contributed by atoms with E-state index in [1.165, 1.54) is 12.6 Å². The number of ether oxygens (including phenoxy) is 1. The first-order chi connectivity index (χ1) is 19.2. The van der Waals surface area contributed by atoms with Gasteiger partial charge in [-0.05, 0) is 51.1 Å². The van der Waals surface area contributed by atoms with Crippen molar-refractivity contribution < 1.29 is 23.8 Å². The minimum Gasteiger partial charge on any atom is -0.488 e. The van der Waals surface area contributed by atoms with E-state index in [4.69, 9.17) is 4.74 Å². The largest absolute Gasteiger partial charge is 0.488 e. The molecule has 3 N–H and O–H groups in total. The third-order valence-electron chi connectivity index (χ3n) is 7.90. The third kappa shape index (κ3) is 7.91. The molecule has 1 fully saturated rings. The van der Waals surface area contributed by atoms with Gasteiger partial charge in [-0.15, -0.1) is 0 Å². The van der Waals surface area contributed by atoms with Crippen LogP contribution in [0.4, 0.5) is 14.9 Å². The predicted molar refractivity (Wildman–Crippen MR) is 152 cm³/mol. The first kappa shape index (κ1) is 29.7. The second-order valence-electron chi connectivity index (χ2n) is 11.3. The summed E-state index contributed by atoms with van der Waals surface area (Å²) in [7, 11) is 1.90. The summed E-state index contributed by atoms with van der Waals surface area (Å²) >= 11 is 0.